The Morgan fingerprint density at radius 1 is 0.783 bits per heavy atom. The van der Waals surface area contributed by atoms with Crippen LogP contribution < -0.4 is 0 Å². The second-order valence-corrected chi connectivity index (χ2v) is 5.63. The summed E-state index contributed by atoms with van der Waals surface area (Å²) in [6, 6.07) is 25.0. The SMILES string of the molecule is O=[N+]([O-])c1ccc(C(c2ccccc2)c2ccccc2)cc1Cl. The van der Waals surface area contributed by atoms with Gasteiger partial charge in [-0.25, -0.2) is 0 Å². The highest BCUT2D eigenvalue weighted by molar-refractivity contribution is 6.32. The van der Waals surface area contributed by atoms with Crippen molar-refractivity contribution >= 4 is 17.3 Å². The van der Waals surface area contributed by atoms with E-state index < -0.39 is 4.92 Å². The highest BCUT2D eigenvalue weighted by Crippen LogP contribution is 2.35. The Hall–Kier alpha value is -2.65. The fourth-order valence-electron chi connectivity index (χ4n) is 2.72. The molecule has 0 spiro atoms. The van der Waals surface area contributed by atoms with Crippen LogP contribution in [0.15, 0.2) is 78.9 Å². The molecule has 0 aliphatic heterocycles. The van der Waals surface area contributed by atoms with Crippen molar-refractivity contribution in [1.29, 1.82) is 0 Å². The molecule has 3 rings (SSSR count). The fraction of sp³-hybridized carbons (Fsp3) is 0.0526. The van der Waals surface area contributed by atoms with Gasteiger partial charge in [0.25, 0.3) is 5.69 Å². The molecule has 0 saturated carbocycles. The van der Waals surface area contributed by atoms with E-state index in [4.69, 9.17) is 11.6 Å². The maximum absolute atomic E-state index is 11.0. The normalized spacial score (nSPS) is 10.7. The van der Waals surface area contributed by atoms with E-state index >= 15 is 0 Å². The van der Waals surface area contributed by atoms with Crippen LogP contribution in [-0.2, 0) is 0 Å². The highest BCUT2D eigenvalue weighted by Gasteiger charge is 2.20. The molecule has 0 aliphatic carbocycles. The molecule has 23 heavy (non-hydrogen) atoms. The Bertz CT molecular complexity index is 780. The van der Waals surface area contributed by atoms with Gasteiger partial charge < -0.3 is 0 Å². The van der Waals surface area contributed by atoms with Gasteiger partial charge in [0.1, 0.15) is 5.02 Å². The van der Waals surface area contributed by atoms with Gasteiger partial charge in [-0.1, -0.05) is 78.3 Å². The first-order chi connectivity index (χ1) is 11.2. The third kappa shape index (κ3) is 3.25. The Morgan fingerprint density at radius 2 is 1.30 bits per heavy atom. The molecule has 0 amide bonds. The van der Waals surface area contributed by atoms with Crippen LogP contribution in [0.2, 0.25) is 5.02 Å². The van der Waals surface area contributed by atoms with Gasteiger partial charge in [0.15, 0.2) is 0 Å². The van der Waals surface area contributed by atoms with Crippen molar-refractivity contribution in [2.24, 2.45) is 0 Å². The first-order valence-corrected chi connectivity index (χ1v) is 7.58. The van der Waals surface area contributed by atoms with E-state index in [1.165, 1.54) is 6.07 Å². The molecule has 0 unspecified atom stereocenters. The van der Waals surface area contributed by atoms with Crippen molar-refractivity contribution in [2.75, 3.05) is 0 Å². The monoisotopic (exact) mass is 323 g/mol. The second-order valence-electron chi connectivity index (χ2n) is 5.22. The van der Waals surface area contributed by atoms with E-state index in [1.54, 1.807) is 12.1 Å². The van der Waals surface area contributed by atoms with Gasteiger partial charge >= 0.3 is 0 Å². The molecular weight excluding hydrogens is 310 g/mol. The molecule has 0 aliphatic rings. The number of hydrogen-bond donors (Lipinski definition) is 0. The van der Waals surface area contributed by atoms with Gasteiger partial charge in [0.2, 0.25) is 0 Å². The number of nitro groups is 1. The molecule has 0 bridgehead atoms. The van der Waals surface area contributed by atoms with Crippen molar-refractivity contribution in [3.8, 4) is 0 Å². The van der Waals surface area contributed by atoms with Gasteiger partial charge in [0.05, 0.1) is 4.92 Å². The van der Waals surface area contributed by atoms with Crippen LogP contribution >= 0.6 is 11.6 Å². The molecular formula is C19H14ClNO2. The van der Waals surface area contributed by atoms with Crippen molar-refractivity contribution in [2.45, 2.75) is 5.92 Å². The van der Waals surface area contributed by atoms with Crippen LogP contribution in [0.4, 0.5) is 5.69 Å². The number of nitro benzene ring substituents is 1. The molecule has 0 heterocycles. The Morgan fingerprint density at radius 3 is 1.74 bits per heavy atom. The number of hydrogen-bond acceptors (Lipinski definition) is 2. The lowest BCUT2D eigenvalue weighted by molar-refractivity contribution is -0.384. The molecule has 3 nitrogen and oxygen atoms in total. The highest BCUT2D eigenvalue weighted by atomic mass is 35.5. The number of rotatable bonds is 4. The Balaban J connectivity index is 2.13. The lowest BCUT2D eigenvalue weighted by Gasteiger charge is -2.19. The molecule has 0 fully saturated rings. The minimum Gasteiger partial charge on any atom is -0.258 e. The average Bonchev–Trinajstić information content (AvgIpc) is 2.57. The predicted molar refractivity (Wildman–Crippen MR) is 91.9 cm³/mol. The zero-order valence-corrected chi connectivity index (χ0v) is 13.0. The molecule has 0 atom stereocenters. The lowest BCUT2D eigenvalue weighted by Crippen LogP contribution is -2.03. The average molecular weight is 324 g/mol. The van der Waals surface area contributed by atoms with Gasteiger partial charge in [-0.05, 0) is 22.8 Å². The van der Waals surface area contributed by atoms with E-state index in [2.05, 4.69) is 0 Å². The van der Waals surface area contributed by atoms with Gasteiger partial charge in [-0.2, -0.15) is 0 Å². The summed E-state index contributed by atoms with van der Waals surface area (Å²) in [6.07, 6.45) is 0. The number of benzene rings is 3. The zero-order chi connectivity index (χ0) is 16.2. The summed E-state index contributed by atoms with van der Waals surface area (Å²) in [5.74, 6) is -0.0179. The lowest BCUT2D eigenvalue weighted by atomic mass is 9.85. The second kappa shape index (κ2) is 6.63. The van der Waals surface area contributed by atoms with E-state index in [-0.39, 0.29) is 16.6 Å². The summed E-state index contributed by atoms with van der Waals surface area (Å²) < 4.78 is 0. The van der Waals surface area contributed by atoms with Crippen LogP contribution in [0.1, 0.15) is 22.6 Å². The summed E-state index contributed by atoms with van der Waals surface area (Å²) in [7, 11) is 0. The minimum absolute atomic E-state index is 0.0179. The van der Waals surface area contributed by atoms with Crippen LogP contribution in [0.3, 0.4) is 0 Å². The van der Waals surface area contributed by atoms with E-state index in [0.29, 0.717) is 0 Å². The third-order valence-electron chi connectivity index (χ3n) is 3.77. The summed E-state index contributed by atoms with van der Waals surface area (Å²) >= 11 is 6.10. The van der Waals surface area contributed by atoms with Crippen LogP contribution in [0.25, 0.3) is 0 Å². The summed E-state index contributed by atoms with van der Waals surface area (Å²) in [5.41, 5.74) is 3.08. The van der Waals surface area contributed by atoms with Gasteiger partial charge in [-0.15, -0.1) is 0 Å². The van der Waals surface area contributed by atoms with Gasteiger partial charge in [-0.3, -0.25) is 10.1 Å². The van der Waals surface area contributed by atoms with Crippen molar-refractivity contribution < 1.29 is 4.92 Å². The molecule has 0 N–H and O–H groups in total. The zero-order valence-electron chi connectivity index (χ0n) is 12.2. The molecule has 0 saturated heterocycles. The van der Waals surface area contributed by atoms with E-state index in [9.17, 15) is 10.1 Å². The molecule has 3 aromatic carbocycles. The Labute approximate surface area is 139 Å². The van der Waals surface area contributed by atoms with Crippen LogP contribution in [0.5, 0.6) is 0 Å². The smallest absolute Gasteiger partial charge is 0.258 e. The first-order valence-electron chi connectivity index (χ1n) is 7.20. The first kappa shape index (κ1) is 15.3. The topological polar surface area (TPSA) is 43.1 Å². The van der Waals surface area contributed by atoms with E-state index in [1.807, 2.05) is 60.7 Å². The quantitative estimate of drug-likeness (QED) is 0.365. The van der Waals surface area contributed by atoms with Crippen LogP contribution in [-0.4, -0.2) is 4.92 Å². The van der Waals surface area contributed by atoms with Gasteiger partial charge in [0, 0.05) is 12.0 Å². The maximum atomic E-state index is 11.0. The third-order valence-corrected chi connectivity index (χ3v) is 4.07. The Kier molecular flexibility index (Phi) is 4.40. The minimum atomic E-state index is -0.466. The standard InChI is InChI=1S/C19H14ClNO2/c20-17-13-16(11-12-18(17)21(22)23)19(14-7-3-1-4-8-14)15-9-5-2-6-10-15/h1-13,19H. The summed E-state index contributed by atoms with van der Waals surface area (Å²) in [5, 5.41) is 11.1. The van der Waals surface area contributed by atoms with Crippen molar-refractivity contribution in [1.82, 2.24) is 0 Å². The fourth-order valence-corrected chi connectivity index (χ4v) is 2.98. The summed E-state index contributed by atoms with van der Waals surface area (Å²) in [4.78, 5) is 10.5. The predicted octanol–water partition coefficient (Wildman–Crippen LogP) is 5.43. The molecule has 0 aromatic heterocycles. The number of halogens is 1. The molecule has 114 valence electrons. The maximum Gasteiger partial charge on any atom is 0.287 e. The largest absolute Gasteiger partial charge is 0.287 e. The van der Waals surface area contributed by atoms with Crippen LogP contribution in [0, 0.1) is 10.1 Å². The van der Waals surface area contributed by atoms with Crippen molar-refractivity contribution in [3.05, 3.63) is 111 Å². The van der Waals surface area contributed by atoms with E-state index in [0.717, 1.165) is 16.7 Å². The summed E-state index contributed by atoms with van der Waals surface area (Å²) in [6.45, 7) is 0. The molecule has 4 heteroatoms. The number of nitrogens with zero attached hydrogens (tertiary/aromatic N) is 1. The van der Waals surface area contributed by atoms with Crippen molar-refractivity contribution in [3.63, 3.8) is 0 Å². The molecule has 0 radical (unpaired) electrons. The molecule has 3 aromatic rings.